The van der Waals surface area contributed by atoms with Crippen LogP contribution in [-0.2, 0) is 4.84 Å². The highest BCUT2D eigenvalue weighted by Crippen LogP contribution is 2.12. The van der Waals surface area contributed by atoms with Gasteiger partial charge in [0.15, 0.2) is 0 Å². The van der Waals surface area contributed by atoms with Gasteiger partial charge in [-0.15, -0.1) is 0 Å². The van der Waals surface area contributed by atoms with E-state index in [1.54, 1.807) is 6.92 Å². The summed E-state index contributed by atoms with van der Waals surface area (Å²) in [6.07, 6.45) is 0. The Morgan fingerprint density at radius 1 is 1.44 bits per heavy atom. The van der Waals surface area contributed by atoms with Gasteiger partial charge in [0.05, 0.1) is 10.6 Å². The Kier molecular flexibility index (Phi) is 3.96. The third-order valence-electron chi connectivity index (χ3n) is 1.75. The zero-order chi connectivity index (χ0) is 12.1. The molecule has 1 aromatic rings. The van der Waals surface area contributed by atoms with Crippen LogP contribution in [0.2, 0.25) is 0 Å². The van der Waals surface area contributed by atoms with Crippen molar-refractivity contribution >= 4 is 28.4 Å². The van der Waals surface area contributed by atoms with Crippen LogP contribution in [0.25, 0.3) is 0 Å². The summed E-state index contributed by atoms with van der Waals surface area (Å²) in [5, 5.41) is 13.8. The molecule has 0 heterocycles. The summed E-state index contributed by atoms with van der Waals surface area (Å²) >= 11 is 4.92. The van der Waals surface area contributed by atoms with E-state index in [1.165, 1.54) is 24.3 Å². The average molecular weight is 243 g/mol. The first-order chi connectivity index (χ1) is 7.50. The highest BCUT2D eigenvalue weighted by atomic mass is 35.5. The molecule has 0 N–H and O–H groups in total. The van der Waals surface area contributed by atoms with E-state index < -0.39 is 10.4 Å². The lowest BCUT2D eigenvalue weighted by Gasteiger charge is -1.98. The number of benzene rings is 1. The molecule has 0 atom stereocenters. The van der Waals surface area contributed by atoms with Crippen molar-refractivity contribution in [1.29, 1.82) is 0 Å². The zero-order valence-corrected chi connectivity index (χ0v) is 8.97. The van der Waals surface area contributed by atoms with Crippen molar-refractivity contribution in [2.75, 3.05) is 0 Å². The largest absolute Gasteiger partial charge is 0.429 e. The summed E-state index contributed by atoms with van der Waals surface area (Å²) in [5.41, 5.74) is -0.0698. The van der Waals surface area contributed by atoms with Gasteiger partial charge in [0, 0.05) is 23.7 Å². The third kappa shape index (κ3) is 3.32. The molecule has 0 fully saturated rings. The van der Waals surface area contributed by atoms with Gasteiger partial charge in [0.1, 0.15) is 0 Å². The molecule has 16 heavy (non-hydrogen) atoms. The highest BCUT2D eigenvalue weighted by Gasteiger charge is 2.05. The van der Waals surface area contributed by atoms with Gasteiger partial charge in [-0.2, -0.15) is 0 Å². The van der Waals surface area contributed by atoms with E-state index in [2.05, 4.69) is 9.99 Å². The molecule has 0 unspecified atom stereocenters. The van der Waals surface area contributed by atoms with Gasteiger partial charge >= 0.3 is 5.43 Å². The van der Waals surface area contributed by atoms with Crippen LogP contribution < -0.4 is 0 Å². The van der Waals surface area contributed by atoms with Crippen molar-refractivity contribution in [3.8, 4) is 0 Å². The lowest BCUT2D eigenvalue weighted by atomic mass is 10.1. The van der Waals surface area contributed by atoms with Crippen LogP contribution >= 0.6 is 11.6 Å². The molecular weight excluding hydrogens is 236 g/mol. The first-order valence-corrected chi connectivity index (χ1v) is 4.54. The molecule has 6 nitrogen and oxygen atoms in total. The molecule has 0 amide bonds. The van der Waals surface area contributed by atoms with Crippen molar-refractivity contribution < 1.29 is 14.6 Å². The summed E-state index contributed by atoms with van der Waals surface area (Å²) < 4.78 is 0. The van der Waals surface area contributed by atoms with Crippen LogP contribution in [0.3, 0.4) is 0 Å². The Morgan fingerprint density at radius 2 is 2.00 bits per heavy atom. The predicted molar refractivity (Wildman–Crippen MR) is 57.6 cm³/mol. The molecular formula is C9H7ClN2O4. The number of halogens is 1. The number of hydrogen-bond donors (Lipinski definition) is 0. The smallest absolute Gasteiger partial charge is 0.302 e. The number of nitrogens with zero attached hydrogens (tertiary/aromatic N) is 2. The van der Waals surface area contributed by atoms with E-state index in [-0.39, 0.29) is 5.69 Å². The first-order valence-electron chi connectivity index (χ1n) is 4.16. The number of nitro groups is 1. The molecule has 0 radical (unpaired) electrons. The summed E-state index contributed by atoms with van der Waals surface area (Å²) in [6, 6.07) is 5.66. The Labute approximate surface area is 95.6 Å². The van der Waals surface area contributed by atoms with Crippen molar-refractivity contribution in [1.82, 2.24) is 0 Å². The summed E-state index contributed by atoms with van der Waals surface area (Å²) in [5.74, 6) is 0. The fourth-order valence-electron chi connectivity index (χ4n) is 0.981. The number of carbonyl (C=O) groups excluding carboxylic acids is 1. The van der Waals surface area contributed by atoms with E-state index in [4.69, 9.17) is 11.6 Å². The minimum Gasteiger partial charge on any atom is -0.302 e. The van der Waals surface area contributed by atoms with Crippen molar-refractivity contribution in [3.63, 3.8) is 0 Å². The topological polar surface area (TPSA) is 81.8 Å². The predicted octanol–water partition coefficient (Wildman–Crippen LogP) is 2.69. The van der Waals surface area contributed by atoms with Crippen LogP contribution in [0, 0.1) is 10.1 Å². The normalized spacial score (nSPS) is 11.0. The average Bonchev–Trinajstić information content (AvgIpc) is 2.26. The maximum atomic E-state index is 10.4. The number of rotatable bonds is 3. The van der Waals surface area contributed by atoms with Crippen LogP contribution in [-0.4, -0.2) is 16.1 Å². The van der Waals surface area contributed by atoms with Crippen LogP contribution in [0.1, 0.15) is 12.5 Å². The van der Waals surface area contributed by atoms with E-state index in [1.807, 2.05) is 0 Å². The second-order valence-corrected chi connectivity index (χ2v) is 3.12. The van der Waals surface area contributed by atoms with E-state index in [9.17, 15) is 14.9 Å². The quantitative estimate of drug-likeness (QED) is 0.268. The van der Waals surface area contributed by atoms with Gasteiger partial charge in [0.2, 0.25) is 0 Å². The Morgan fingerprint density at radius 3 is 2.44 bits per heavy atom. The monoisotopic (exact) mass is 242 g/mol. The Bertz CT molecular complexity index is 441. The number of carbonyl (C=O) groups is 1. The molecule has 0 spiro atoms. The summed E-state index contributed by atoms with van der Waals surface area (Å²) in [7, 11) is 0. The number of non-ortho nitro benzene ring substituents is 1. The molecule has 0 aliphatic rings. The van der Waals surface area contributed by atoms with Crippen molar-refractivity contribution in [2.24, 2.45) is 5.16 Å². The van der Waals surface area contributed by atoms with Gasteiger partial charge in [-0.3, -0.25) is 10.1 Å². The minimum absolute atomic E-state index is 0.0223. The first kappa shape index (κ1) is 12.1. The molecule has 0 aliphatic carbocycles. The summed E-state index contributed by atoms with van der Waals surface area (Å²) in [6.45, 7) is 1.58. The van der Waals surface area contributed by atoms with Crippen LogP contribution in [0.15, 0.2) is 29.4 Å². The minimum atomic E-state index is -1.04. The maximum absolute atomic E-state index is 10.4. The van der Waals surface area contributed by atoms with Gasteiger partial charge in [0.25, 0.3) is 5.69 Å². The molecule has 0 saturated carbocycles. The third-order valence-corrected chi connectivity index (χ3v) is 1.82. The fourth-order valence-corrected chi connectivity index (χ4v) is 1.02. The van der Waals surface area contributed by atoms with Gasteiger partial charge in [-0.25, -0.2) is 4.79 Å². The number of oxime groups is 1. The standard InChI is InChI=1S/C9H7ClN2O4/c1-6(11-16-9(10)13)7-2-4-8(5-3-7)12(14)15/h2-5H,1H3/b11-6+. The van der Waals surface area contributed by atoms with Crippen LogP contribution in [0.5, 0.6) is 0 Å². The molecule has 0 aromatic heterocycles. The molecule has 0 bridgehead atoms. The van der Waals surface area contributed by atoms with Gasteiger partial charge in [-0.1, -0.05) is 5.16 Å². The molecule has 84 valence electrons. The van der Waals surface area contributed by atoms with E-state index in [0.29, 0.717) is 11.3 Å². The number of hydrogen-bond acceptors (Lipinski definition) is 5. The Hall–Kier alpha value is -1.95. The van der Waals surface area contributed by atoms with Gasteiger partial charge < -0.3 is 4.84 Å². The second kappa shape index (κ2) is 5.22. The maximum Gasteiger partial charge on any atom is 0.429 e. The lowest BCUT2D eigenvalue weighted by Crippen LogP contribution is -1.98. The fraction of sp³-hybridized carbons (Fsp3) is 0.111. The van der Waals surface area contributed by atoms with E-state index in [0.717, 1.165) is 0 Å². The van der Waals surface area contributed by atoms with E-state index >= 15 is 0 Å². The van der Waals surface area contributed by atoms with Crippen LogP contribution in [0.4, 0.5) is 10.5 Å². The summed E-state index contributed by atoms with van der Waals surface area (Å²) in [4.78, 5) is 24.4. The van der Waals surface area contributed by atoms with Gasteiger partial charge in [-0.05, 0) is 24.6 Å². The SMILES string of the molecule is C/C(=N\OC(=O)Cl)c1ccc([N+](=O)[O-])cc1. The molecule has 0 saturated heterocycles. The second-order valence-electron chi connectivity index (χ2n) is 2.81. The number of nitro benzene ring substituents is 1. The van der Waals surface area contributed by atoms with Crippen molar-refractivity contribution in [3.05, 3.63) is 39.9 Å². The molecule has 1 rings (SSSR count). The lowest BCUT2D eigenvalue weighted by molar-refractivity contribution is -0.384. The van der Waals surface area contributed by atoms with Crippen molar-refractivity contribution in [2.45, 2.75) is 6.92 Å². The molecule has 7 heteroatoms. The molecule has 0 aliphatic heterocycles. The Balaban J connectivity index is 2.85. The highest BCUT2D eigenvalue weighted by molar-refractivity contribution is 6.61. The molecule has 1 aromatic carbocycles. The zero-order valence-electron chi connectivity index (χ0n) is 8.21.